The van der Waals surface area contributed by atoms with Crippen molar-refractivity contribution in [3.8, 4) is 0 Å². The number of anilines is 1. The topological polar surface area (TPSA) is 87.4 Å². The van der Waals surface area contributed by atoms with Crippen LogP contribution in [0, 0.1) is 0 Å². The smallest absolute Gasteiger partial charge is 0.296 e. The minimum Gasteiger partial charge on any atom is -0.384 e. The molecule has 0 fully saturated rings. The average Bonchev–Trinajstić information content (AvgIpc) is 3.16. The quantitative estimate of drug-likeness (QED) is 0.291. The molecule has 1 aromatic heterocycles. The number of hydroxylamine groups is 1. The van der Waals surface area contributed by atoms with Gasteiger partial charge in [-0.25, -0.2) is 5.48 Å². The number of aromatic nitrogens is 1. The van der Waals surface area contributed by atoms with Gasteiger partial charge in [-0.05, 0) is 22.2 Å². The van der Waals surface area contributed by atoms with E-state index in [4.69, 9.17) is 9.73 Å². The fraction of sp³-hybridized carbons (Fsp3) is 0.100. The molecule has 0 saturated heterocycles. The van der Waals surface area contributed by atoms with Gasteiger partial charge in [0.15, 0.2) is 5.69 Å². The number of nitrogens with one attached hydrogen (secondary N) is 2. The molecule has 1 amide bonds. The van der Waals surface area contributed by atoms with E-state index in [1.54, 1.807) is 0 Å². The maximum atomic E-state index is 11.3. The zero-order valence-corrected chi connectivity index (χ0v) is 13.9. The molecule has 3 aromatic carbocycles. The van der Waals surface area contributed by atoms with Crippen molar-refractivity contribution in [2.45, 2.75) is 6.42 Å². The second kappa shape index (κ2) is 6.85. The van der Waals surface area contributed by atoms with Gasteiger partial charge in [0.25, 0.3) is 5.91 Å². The van der Waals surface area contributed by atoms with Crippen LogP contribution < -0.4 is 10.8 Å². The van der Waals surface area contributed by atoms with Gasteiger partial charge < -0.3 is 9.84 Å². The Kier molecular flexibility index (Phi) is 4.25. The van der Waals surface area contributed by atoms with Gasteiger partial charge in [0.1, 0.15) is 5.76 Å². The van der Waals surface area contributed by atoms with Crippen LogP contribution in [0.4, 0.5) is 5.69 Å². The number of carbonyl (C=O) groups excluding carboxylic acids is 1. The molecule has 0 radical (unpaired) electrons. The molecule has 6 nitrogen and oxygen atoms in total. The maximum Gasteiger partial charge on any atom is 0.296 e. The first-order chi connectivity index (χ1) is 12.8. The summed E-state index contributed by atoms with van der Waals surface area (Å²) in [6, 6.07) is 20.3. The van der Waals surface area contributed by atoms with Crippen molar-refractivity contribution in [2.24, 2.45) is 0 Å². The summed E-state index contributed by atoms with van der Waals surface area (Å²) in [4.78, 5) is 11.3. The van der Waals surface area contributed by atoms with E-state index < -0.39 is 5.91 Å². The average molecular weight is 347 g/mol. The van der Waals surface area contributed by atoms with Gasteiger partial charge in [0, 0.05) is 30.1 Å². The van der Waals surface area contributed by atoms with Gasteiger partial charge in [-0.15, -0.1) is 0 Å². The Morgan fingerprint density at radius 2 is 1.73 bits per heavy atom. The molecular weight excluding hydrogens is 330 g/mol. The molecular formula is C20H17N3O3. The highest BCUT2D eigenvalue weighted by Crippen LogP contribution is 2.31. The van der Waals surface area contributed by atoms with E-state index in [0.29, 0.717) is 18.7 Å². The third-order valence-electron chi connectivity index (χ3n) is 4.35. The predicted octanol–water partition coefficient (Wildman–Crippen LogP) is 3.75. The molecule has 0 aliphatic heterocycles. The van der Waals surface area contributed by atoms with Crippen LogP contribution in [-0.4, -0.2) is 22.8 Å². The predicted molar refractivity (Wildman–Crippen MR) is 99.4 cm³/mol. The fourth-order valence-electron chi connectivity index (χ4n) is 3.12. The summed E-state index contributed by atoms with van der Waals surface area (Å²) in [6.07, 6.45) is 0.562. The molecule has 4 aromatic rings. The molecule has 0 saturated carbocycles. The lowest BCUT2D eigenvalue weighted by Crippen LogP contribution is -2.18. The lowest BCUT2D eigenvalue weighted by Gasteiger charge is -2.12. The molecule has 1 heterocycles. The van der Waals surface area contributed by atoms with E-state index in [9.17, 15) is 4.79 Å². The monoisotopic (exact) mass is 347 g/mol. The summed E-state index contributed by atoms with van der Waals surface area (Å²) in [7, 11) is 0. The molecule has 0 spiro atoms. The maximum absolute atomic E-state index is 11.3. The Bertz CT molecular complexity index is 1090. The van der Waals surface area contributed by atoms with E-state index in [1.807, 2.05) is 24.3 Å². The van der Waals surface area contributed by atoms with Crippen LogP contribution in [0.15, 0.2) is 65.2 Å². The van der Waals surface area contributed by atoms with Crippen molar-refractivity contribution >= 4 is 33.1 Å². The van der Waals surface area contributed by atoms with Crippen molar-refractivity contribution in [2.75, 3.05) is 11.9 Å². The molecule has 6 heteroatoms. The van der Waals surface area contributed by atoms with Crippen LogP contribution in [0.25, 0.3) is 21.5 Å². The molecule has 0 bridgehead atoms. The van der Waals surface area contributed by atoms with Crippen LogP contribution in [-0.2, 0) is 6.42 Å². The van der Waals surface area contributed by atoms with Crippen molar-refractivity contribution in [3.05, 3.63) is 72.1 Å². The molecule has 0 aliphatic carbocycles. The van der Waals surface area contributed by atoms with Gasteiger partial charge in [0.05, 0.1) is 0 Å². The van der Waals surface area contributed by atoms with Crippen molar-refractivity contribution in [1.82, 2.24) is 10.6 Å². The lowest BCUT2D eigenvalue weighted by molar-refractivity contribution is 0.0696. The largest absolute Gasteiger partial charge is 0.384 e. The lowest BCUT2D eigenvalue weighted by atomic mass is 10.0. The summed E-state index contributed by atoms with van der Waals surface area (Å²) >= 11 is 0. The summed E-state index contributed by atoms with van der Waals surface area (Å²) < 4.78 is 5.12. The zero-order valence-electron chi connectivity index (χ0n) is 13.9. The first kappa shape index (κ1) is 16.1. The van der Waals surface area contributed by atoms with E-state index in [1.165, 1.54) is 27.7 Å². The van der Waals surface area contributed by atoms with E-state index in [0.717, 1.165) is 11.1 Å². The molecule has 0 aliphatic rings. The highest BCUT2D eigenvalue weighted by atomic mass is 16.5. The Balaban J connectivity index is 1.57. The van der Waals surface area contributed by atoms with Crippen LogP contribution in [0.2, 0.25) is 0 Å². The Morgan fingerprint density at radius 1 is 1.00 bits per heavy atom. The van der Waals surface area contributed by atoms with E-state index in [-0.39, 0.29) is 5.69 Å². The third-order valence-corrected chi connectivity index (χ3v) is 4.35. The second-order valence-electron chi connectivity index (χ2n) is 5.99. The normalized spacial score (nSPS) is 11.0. The number of amides is 1. The number of hydrogen-bond acceptors (Lipinski definition) is 5. The highest BCUT2D eigenvalue weighted by molar-refractivity contribution is 6.12. The Labute approximate surface area is 149 Å². The van der Waals surface area contributed by atoms with Gasteiger partial charge in [-0.3, -0.25) is 10.0 Å². The number of nitrogens with zero attached hydrogens (tertiary/aromatic N) is 1. The van der Waals surface area contributed by atoms with Gasteiger partial charge in [0.2, 0.25) is 0 Å². The summed E-state index contributed by atoms with van der Waals surface area (Å²) in [6.45, 7) is 0.623. The zero-order chi connectivity index (χ0) is 17.9. The summed E-state index contributed by atoms with van der Waals surface area (Å²) in [5, 5.41) is 20.4. The number of fused-ring (bicyclic) bond motifs is 3. The number of carbonyl (C=O) groups is 1. The van der Waals surface area contributed by atoms with E-state index in [2.05, 4.69) is 40.8 Å². The standard InChI is InChI=1S/C20H17N3O3/c24-20(22-25)19-12-14(26-23-19)9-10-21-18-11-13-5-1-2-6-15(13)16-7-3-4-8-17(16)18/h1-8,11-12,21,25H,9-10H2,(H,22,24). The summed E-state index contributed by atoms with van der Waals surface area (Å²) in [5.41, 5.74) is 2.64. The number of hydrogen-bond donors (Lipinski definition) is 3. The van der Waals surface area contributed by atoms with E-state index >= 15 is 0 Å². The highest BCUT2D eigenvalue weighted by Gasteiger charge is 2.11. The molecule has 0 atom stereocenters. The summed E-state index contributed by atoms with van der Waals surface area (Å²) in [5.74, 6) is -0.116. The number of benzene rings is 3. The first-order valence-corrected chi connectivity index (χ1v) is 8.30. The minimum absolute atomic E-state index is 0.0543. The van der Waals surface area contributed by atoms with Crippen LogP contribution >= 0.6 is 0 Å². The second-order valence-corrected chi connectivity index (χ2v) is 5.99. The van der Waals surface area contributed by atoms with Crippen molar-refractivity contribution in [1.29, 1.82) is 0 Å². The van der Waals surface area contributed by atoms with Crippen molar-refractivity contribution in [3.63, 3.8) is 0 Å². The number of rotatable bonds is 5. The van der Waals surface area contributed by atoms with Crippen LogP contribution in [0.3, 0.4) is 0 Å². The SMILES string of the molecule is O=C(NO)c1cc(CCNc2cc3ccccc3c3ccccc23)on1. The molecule has 3 N–H and O–H groups in total. The molecule has 26 heavy (non-hydrogen) atoms. The molecule has 0 unspecified atom stereocenters. The fourth-order valence-corrected chi connectivity index (χ4v) is 3.12. The minimum atomic E-state index is -0.687. The van der Waals surface area contributed by atoms with Gasteiger partial charge >= 0.3 is 0 Å². The van der Waals surface area contributed by atoms with Crippen LogP contribution in [0.1, 0.15) is 16.2 Å². The third kappa shape index (κ3) is 2.98. The van der Waals surface area contributed by atoms with Crippen LogP contribution in [0.5, 0.6) is 0 Å². The molecule has 4 rings (SSSR count). The van der Waals surface area contributed by atoms with Gasteiger partial charge in [-0.2, -0.15) is 0 Å². The first-order valence-electron chi connectivity index (χ1n) is 8.30. The Hall–Kier alpha value is -3.38. The Morgan fingerprint density at radius 3 is 2.54 bits per heavy atom. The van der Waals surface area contributed by atoms with Crippen molar-refractivity contribution < 1.29 is 14.5 Å². The van der Waals surface area contributed by atoms with Gasteiger partial charge in [-0.1, -0.05) is 53.7 Å². The molecule has 130 valence electrons.